The summed E-state index contributed by atoms with van der Waals surface area (Å²) in [6, 6.07) is 0.965. The summed E-state index contributed by atoms with van der Waals surface area (Å²) in [5.41, 5.74) is -2.28. The molecule has 0 amide bonds. The number of carboxylic acids is 1. The average Bonchev–Trinajstić information content (AvgIpc) is 3.26. The van der Waals surface area contributed by atoms with Gasteiger partial charge in [-0.25, -0.2) is 19.2 Å². The Kier molecular flexibility index (Phi) is 5.56. The number of oxime groups is 1. The van der Waals surface area contributed by atoms with Gasteiger partial charge in [-0.1, -0.05) is 5.16 Å². The van der Waals surface area contributed by atoms with Gasteiger partial charge < -0.3 is 25.1 Å². The fraction of sp³-hybridized carbons (Fsp3) is 0.389. The molecule has 4 rings (SSSR count). The molecule has 3 N–H and O–H groups in total. The number of carbonyl (C=O) groups is 2. The number of aliphatic hydroxyl groups excluding tert-OH is 2. The predicted molar refractivity (Wildman–Crippen MR) is 106 cm³/mol. The Hall–Kier alpha value is -3.16. The first-order chi connectivity index (χ1) is 14.9. The number of amidine groups is 1. The molecule has 4 heterocycles. The van der Waals surface area contributed by atoms with Crippen molar-refractivity contribution >= 4 is 39.9 Å². The third-order valence-corrected chi connectivity index (χ3v) is 5.87. The normalized spacial score (nSPS) is 22.8. The van der Waals surface area contributed by atoms with Crippen LogP contribution in [0.5, 0.6) is 0 Å². The summed E-state index contributed by atoms with van der Waals surface area (Å²) in [7, 11) is 0. The summed E-state index contributed by atoms with van der Waals surface area (Å²) in [6.07, 6.45) is 1.67. The molecule has 13 heteroatoms. The molecule has 0 saturated carbocycles. The minimum Gasteiger partial charge on any atom is -0.479 e. The number of nitrogens with zero attached hydrogens (tertiary/aromatic N) is 5. The van der Waals surface area contributed by atoms with E-state index >= 15 is 0 Å². The summed E-state index contributed by atoms with van der Waals surface area (Å²) in [5.74, 6) is -2.71. The number of hydrogen-bond donors (Lipinski definition) is 3. The number of carboxylic acid groups (broad SMARTS) is 1. The van der Waals surface area contributed by atoms with E-state index in [1.807, 2.05) is 0 Å². The molecule has 0 aromatic carbocycles. The highest BCUT2D eigenvalue weighted by Crippen LogP contribution is 2.41. The molecule has 164 valence electrons. The van der Waals surface area contributed by atoms with E-state index in [4.69, 9.17) is 9.94 Å². The number of halogens is 1. The largest absolute Gasteiger partial charge is 0.479 e. The molecule has 0 aliphatic carbocycles. The molecule has 2 aliphatic heterocycles. The van der Waals surface area contributed by atoms with E-state index in [0.717, 1.165) is 12.3 Å². The Morgan fingerprint density at radius 2 is 2.26 bits per heavy atom. The number of anilines is 2. The van der Waals surface area contributed by atoms with Gasteiger partial charge in [-0.05, 0) is 6.07 Å². The molecule has 31 heavy (non-hydrogen) atoms. The Balaban J connectivity index is 1.76. The van der Waals surface area contributed by atoms with Crippen molar-refractivity contribution in [2.24, 2.45) is 5.16 Å². The van der Waals surface area contributed by atoms with Gasteiger partial charge in [0.2, 0.25) is 11.3 Å². The lowest BCUT2D eigenvalue weighted by Crippen LogP contribution is -2.72. The first-order valence-electron chi connectivity index (χ1n) is 9.24. The topological polar surface area (TPSA) is 149 Å². The Labute approximate surface area is 179 Å². The van der Waals surface area contributed by atoms with E-state index in [-0.39, 0.29) is 36.9 Å². The van der Waals surface area contributed by atoms with Crippen LogP contribution >= 0.6 is 11.3 Å². The Morgan fingerprint density at radius 1 is 1.45 bits per heavy atom. The monoisotopic (exact) mass is 451 g/mol. The minimum atomic E-state index is -2.11. The van der Waals surface area contributed by atoms with Crippen molar-refractivity contribution in [1.29, 1.82) is 0 Å². The number of aliphatic carboxylic acids is 1. The zero-order valence-corrected chi connectivity index (χ0v) is 16.8. The summed E-state index contributed by atoms with van der Waals surface area (Å²) >= 11 is 1.22. The molecule has 1 unspecified atom stereocenters. The first-order valence-corrected chi connectivity index (χ1v) is 10.1. The van der Waals surface area contributed by atoms with Gasteiger partial charge in [-0.2, -0.15) is 0 Å². The molecule has 11 nitrogen and oxygen atoms in total. The predicted octanol–water partition coefficient (Wildman–Crippen LogP) is 0.224. The van der Waals surface area contributed by atoms with Crippen LogP contribution in [0.2, 0.25) is 0 Å². The number of Topliss-reactive ketones (excluding diaryl/α,β-unsaturated/α-hetero) is 1. The van der Waals surface area contributed by atoms with Crippen LogP contribution in [0.3, 0.4) is 0 Å². The standard InChI is InChI=1S/C18H18FN5O6S/c19-10-5-12-14(27)18(16(28)29,24-3-1-13(24)22-30-8-11(26)7-25)9-23(15(12)21-6-10)17-20-2-4-31-17/h2,4-6,11,25-26H,1,3,7-9H2,(H,28,29)/t11-,18?/m1/s1. The van der Waals surface area contributed by atoms with Crippen molar-refractivity contribution in [3.8, 4) is 0 Å². The summed E-state index contributed by atoms with van der Waals surface area (Å²) < 4.78 is 13.9. The van der Waals surface area contributed by atoms with Gasteiger partial charge in [0.05, 0.1) is 24.9 Å². The van der Waals surface area contributed by atoms with Gasteiger partial charge in [-0.15, -0.1) is 11.3 Å². The average molecular weight is 451 g/mol. The number of ketones is 1. The van der Waals surface area contributed by atoms with Crippen molar-refractivity contribution in [3.05, 3.63) is 35.2 Å². The number of fused-ring (bicyclic) bond motifs is 1. The molecule has 0 radical (unpaired) electrons. The van der Waals surface area contributed by atoms with Crippen molar-refractivity contribution in [2.45, 2.75) is 18.1 Å². The third kappa shape index (κ3) is 3.49. The van der Waals surface area contributed by atoms with Gasteiger partial charge in [0.15, 0.2) is 5.13 Å². The number of thiazole rings is 1. The van der Waals surface area contributed by atoms with E-state index in [0.29, 0.717) is 11.6 Å². The van der Waals surface area contributed by atoms with Crippen molar-refractivity contribution in [2.75, 3.05) is 31.2 Å². The number of hydrogen-bond acceptors (Lipinski definition) is 10. The van der Waals surface area contributed by atoms with Crippen LogP contribution < -0.4 is 4.90 Å². The first kappa shape index (κ1) is 21.1. The van der Waals surface area contributed by atoms with Gasteiger partial charge in [0, 0.05) is 24.5 Å². The van der Waals surface area contributed by atoms with Gasteiger partial charge in [0.1, 0.15) is 30.2 Å². The summed E-state index contributed by atoms with van der Waals surface area (Å²) in [5, 5.41) is 34.3. The lowest BCUT2D eigenvalue weighted by atomic mass is 9.81. The van der Waals surface area contributed by atoms with E-state index in [1.54, 1.807) is 5.38 Å². The van der Waals surface area contributed by atoms with Crippen molar-refractivity contribution < 1.29 is 34.1 Å². The minimum absolute atomic E-state index is 0.125. The fourth-order valence-corrected chi connectivity index (χ4v) is 4.13. The zero-order valence-electron chi connectivity index (χ0n) is 16.0. The number of rotatable bonds is 7. The van der Waals surface area contributed by atoms with E-state index < -0.39 is 35.8 Å². The third-order valence-electron chi connectivity index (χ3n) is 5.08. The summed E-state index contributed by atoms with van der Waals surface area (Å²) in [6.45, 7) is -0.944. The van der Waals surface area contributed by atoms with Crippen LogP contribution in [0.4, 0.5) is 15.3 Å². The van der Waals surface area contributed by atoms with Crippen LogP contribution in [0, 0.1) is 5.82 Å². The quantitative estimate of drug-likeness (QED) is 0.394. The molecule has 2 aromatic rings. The molecule has 1 saturated heterocycles. The molecule has 2 atom stereocenters. The van der Waals surface area contributed by atoms with Crippen LogP contribution in [0.1, 0.15) is 16.8 Å². The van der Waals surface area contributed by atoms with Crippen LogP contribution in [0.25, 0.3) is 0 Å². The lowest BCUT2D eigenvalue weighted by Gasteiger charge is -2.49. The van der Waals surface area contributed by atoms with E-state index in [9.17, 15) is 24.2 Å². The van der Waals surface area contributed by atoms with Crippen molar-refractivity contribution in [1.82, 2.24) is 14.9 Å². The van der Waals surface area contributed by atoms with Crippen molar-refractivity contribution in [3.63, 3.8) is 0 Å². The second-order valence-corrected chi connectivity index (χ2v) is 7.83. The smallest absolute Gasteiger partial charge is 0.339 e. The maximum absolute atomic E-state index is 13.9. The molecule has 0 bridgehead atoms. The molecular formula is C18H18FN5O6S. The van der Waals surface area contributed by atoms with Crippen LogP contribution in [0.15, 0.2) is 29.0 Å². The Bertz CT molecular complexity index is 1030. The number of aliphatic hydroxyl groups is 2. The number of carbonyl (C=O) groups excluding carboxylic acids is 1. The Morgan fingerprint density at radius 3 is 2.87 bits per heavy atom. The van der Waals surface area contributed by atoms with Gasteiger partial charge >= 0.3 is 5.97 Å². The molecular weight excluding hydrogens is 433 g/mol. The van der Waals surface area contributed by atoms with E-state index in [1.165, 1.54) is 27.3 Å². The highest BCUT2D eigenvalue weighted by molar-refractivity contribution is 7.13. The van der Waals surface area contributed by atoms with Gasteiger partial charge in [0.25, 0.3) is 0 Å². The van der Waals surface area contributed by atoms with Crippen LogP contribution in [-0.2, 0) is 9.63 Å². The fourth-order valence-electron chi connectivity index (χ4n) is 3.49. The molecule has 1 fully saturated rings. The molecule has 0 spiro atoms. The maximum atomic E-state index is 13.9. The second kappa shape index (κ2) is 8.17. The SMILES string of the molecule is O=C(O)C1(N2CCC2=NOC[C@H](O)CO)CN(c2nccs2)c2ncc(F)cc2C1=O. The highest BCUT2D eigenvalue weighted by Gasteiger charge is 2.60. The highest BCUT2D eigenvalue weighted by atomic mass is 32.1. The molecule has 2 aliphatic rings. The second-order valence-electron chi connectivity index (χ2n) is 6.96. The number of likely N-dealkylation sites (tertiary alicyclic amines) is 1. The van der Waals surface area contributed by atoms with E-state index in [2.05, 4.69) is 15.1 Å². The van der Waals surface area contributed by atoms with Gasteiger partial charge in [-0.3, -0.25) is 9.69 Å². The lowest BCUT2D eigenvalue weighted by molar-refractivity contribution is -0.146. The number of pyridine rings is 1. The summed E-state index contributed by atoms with van der Waals surface area (Å²) in [4.78, 5) is 41.9. The zero-order chi connectivity index (χ0) is 22.2. The van der Waals surface area contributed by atoms with Crippen LogP contribution in [-0.4, -0.2) is 85.7 Å². The number of aromatic nitrogens is 2. The molecule has 2 aromatic heterocycles. The maximum Gasteiger partial charge on any atom is 0.339 e.